The molecule has 1 aliphatic rings. The number of ether oxygens (including phenoxy) is 1. The monoisotopic (exact) mass is 473 g/mol. The molecule has 3 aromatic heterocycles. The standard InChI is InChI=1S/C24H24FN9O/c1-15-12-28-24(29-20(27-2)7-8-26)30-22(15)16-11-18-23-32-31-21(34(23)10-9-33(18)13-16)14-35-19-6-4-3-5-17(19)25/h3-8,11-13,26-27H,9-10,14H2,1-2H3,(H,28,29,30)/b20-7+,26-8?. The van der Waals surface area contributed by atoms with Crippen molar-refractivity contribution in [3.63, 3.8) is 0 Å². The van der Waals surface area contributed by atoms with Crippen molar-refractivity contribution in [3.05, 3.63) is 71.8 Å². The maximum Gasteiger partial charge on any atom is 0.228 e. The van der Waals surface area contributed by atoms with E-state index < -0.39 is 5.82 Å². The Kier molecular flexibility index (Phi) is 5.96. The molecule has 0 saturated carbocycles. The predicted molar refractivity (Wildman–Crippen MR) is 129 cm³/mol. The summed E-state index contributed by atoms with van der Waals surface area (Å²) in [6.07, 6.45) is 6.58. The molecule has 0 unspecified atom stereocenters. The molecular weight excluding hydrogens is 449 g/mol. The molecule has 0 aliphatic carbocycles. The van der Waals surface area contributed by atoms with E-state index in [2.05, 4.69) is 36.6 Å². The van der Waals surface area contributed by atoms with Gasteiger partial charge in [-0.3, -0.25) is 0 Å². The maximum absolute atomic E-state index is 13.9. The predicted octanol–water partition coefficient (Wildman–Crippen LogP) is 3.37. The second kappa shape index (κ2) is 9.37. The van der Waals surface area contributed by atoms with Crippen LogP contribution in [0.1, 0.15) is 11.4 Å². The molecule has 1 aliphatic heterocycles. The van der Waals surface area contributed by atoms with Crippen LogP contribution in [-0.4, -0.2) is 42.6 Å². The van der Waals surface area contributed by atoms with Gasteiger partial charge in [-0.1, -0.05) is 12.1 Å². The zero-order valence-corrected chi connectivity index (χ0v) is 19.3. The third-order valence-electron chi connectivity index (χ3n) is 5.72. The summed E-state index contributed by atoms with van der Waals surface area (Å²) in [5.41, 5.74) is 3.58. The number of benzene rings is 1. The number of hydrogen-bond acceptors (Lipinski definition) is 8. The number of para-hydroxylation sites is 1. The number of aromatic nitrogens is 6. The van der Waals surface area contributed by atoms with Gasteiger partial charge in [-0.25, -0.2) is 14.4 Å². The van der Waals surface area contributed by atoms with Crippen LogP contribution in [0, 0.1) is 18.2 Å². The number of nitrogens with one attached hydrogen (secondary N) is 3. The normalized spacial score (nSPS) is 12.6. The number of nitrogens with zero attached hydrogens (tertiary/aromatic N) is 6. The third-order valence-corrected chi connectivity index (χ3v) is 5.72. The Morgan fingerprint density at radius 3 is 2.91 bits per heavy atom. The van der Waals surface area contributed by atoms with Gasteiger partial charge in [0.25, 0.3) is 0 Å². The summed E-state index contributed by atoms with van der Waals surface area (Å²) in [4.78, 5) is 9.05. The van der Waals surface area contributed by atoms with Crippen LogP contribution in [0.2, 0.25) is 0 Å². The second-order valence-electron chi connectivity index (χ2n) is 7.97. The average molecular weight is 474 g/mol. The van der Waals surface area contributed by atoms with Crippen LogP contribution in [0.3, 0.4) is 0 Å². The van der Waals surface area contributed by atoms with E-state index in [1.54, 1.807) is 37.5 Å². The Bertz CT molecular complexity index is 1420. The largest absolute Gasteiger partial charge is 0.483 e. The van der Waals surface area contributed by atoms with Gasteiger partial charge < -0.3 is 29.9 Å². The first kappa shape index (κ1) is 22.3. The summed E-state index contributed by atoms with van der Waals surface area (Å²) in [5, 5.41) is 22.0. The van der Waals surface area contributed by atoms with E-state index in [4.69, 9.17) is 15.1 Å². The van der Waals surface area contributed by atoms with Crippen molar-refractivity contribution in [2.45, 2.75) is 26.6 Å². The lowest BCUT2D eigenvalue weighted by atomic mass is 10.1. The first-order chi connectivity index (χ1) is 17.1. The Morgan fingerprint density at radius 1 is 1.26 bits per heavy atom. The Hall–Kier alpha value is -4.54. The number of anilines is 1. The fourth-order valence-electron chi connectivity index (χ4n) is 3.98. The van der Waals surface area contributed by atoms with Crippen LogP contribution in [0.5, 0.6) is 5.75 Å². The first-order valence-corrected chi connectivity index (χ1v) is 11.1. The molecule has 0 fully saturated rings. The fraction of sp³-hybridized carbons (Fsp3) is 0.208. The van der Waals surface area contributed by atoms with Gasteiger partial charge in [-0.15, -0.1) is 10.2 Å². The van der Waals surface area contributed by atoms with E-state index in [1.165, 1.54) is 12.3 Å². The molecule has 178 valence electrons. The quantitative estimate of drug-likeness (QED) is 0.336. The third kappa shape index (κ3) is 4.35. The Balaban J connectivity index is 1.42. The Labute approximate surface area is 201 Å². The minimum absolute atomic E-state index is 0.124. The highest BCUT2D eigenvalue weighted by atomic mass is 19.1. The maximum atomic E-state index is 13.9. The number of allylic oxidation sites excluding steroid dienone is 1. The molecule has 5 rings (SSSR count). The van der Waals surface area contributed by atoms with E-state index in [0.29, 0.717) is 24.1 Å². The molecule has 0 saturated heterocycles. The fourth-order valence-corrected chi connectivity index (χ4v) is 3.98. The topological polar surface area (TPSA) is 119 Å². The van der Waals surface area contributed by atoms with Crippen molar-refractivity contribution >= 4 is 12.2 Å². The molecule has 1 aromatic carbocycles. The number of halogens is 1. The van der Waals surface area contributed by atoms with E-state index in [0.717, 1.165) is 34.9 Å². The van der Waals surface area contributed by atoms with Gasteiger partial charge in [0.2, 0.25) is 5.95 Å². The van der Waals surface area contributed by atoms with Gasteiger partial charge in [0.15, 0.2) is 23.2 Å². The lowest BCUT2D eigenvalue weighted by Crippen LogP contribution is -2.18. The van der Waals surface area contributed by atoms with Gasteiger partial charge in [0.1, 0.15) is 12.4 Å². The van der Waals surface area contributed by atoms with Crippen molar-refractivity contribution in [2.24, 2.45) is 0 Å². The first-order valence-electron chi connectivity index (χ1n) is 11.1. The minimum atomic E-state index is -0.409. The molecule has 35 heavy (non-hydrogen) atoms. The van der Waals surface area contributed by atoms with Gasteiger partial charge in [0.05, 0.1) is 11.4 Å². The zero-order chi connectivity index (χ0) is 24.4. The smallest absolute Gasteiger partial charge is 0.228 e. The highest BCUT2D eigenvalue weighted by Gasteiger charge is 2.24. The lowest BCUT2D eigenvalue weighted by molar-refractivity contribution is 0.273. The summed E-state index contributed by atoms with van der Waals surface area (Å²) in [5.74, 6) is 2.18. The average Bonchev–Trinajstić information content (AvgIpc) is 3.48. The van der Waals surface area contributed by atoms with Crippen molar-refractivity contribution in [2.75, 3.05) is 12.4 Å². The van der Waals surface area contributed by atoms with Crippen LogP contribution in [-0.2, 0) is 19.7 Å². The molecule has 11 heteroatoms. The zero-order valence-electron chi connectivity index (χ0n) is 19.3. The molecule has 10 nitrogen and oxygen atoms in total. The Morgan fingerprint density at radius 2 is 2.11 bits per heavy atom. The van der Waals surface area contributed by atoms with Crippen LogP contribution >= 0.6 is 0 Å². The number of fused-ring (bicyclic) bond motifs is 3. The summed E-state index contributed by atoms with van der Waals surface area (Å²) < 4.78 is 23.7. The van der Waals surface area contributed by atoms with Crippen LogP contribution in [0.15, 0.2) is 54.6 Å². The second-order valence-corrected chi connectivity index (χ2v) is 7.97. The van der Waals surface area contributed by atoms with Gasteiger partial charge in [-0.2, -0.15) is 0 Å². The van der Waals surface area contributed by atoms with E-state index in [9.17, 15) is 4.39 Å². The SMILES string of the molecule is CN/C(=C\C=N)Nc1ncc(C)c(-c2cc3n(c2)CCn2c(COc4ccccc4F)nnc2-3)n1. The number of rotatable bonds is 8. The number of aryl methyl sites for hydroxylation is 2. The summed E-state index contributed by atoms with van der Waals surface area (Å²) in [6, 6.07) is 8.34. The molecule has 0 atom stereocenters. The number of hydrogen-bond donors (Lipinski definition) is 3. The summed E-state index contributed by atoms with van der Waals surface area (Å²) in [6.45, 7) is 3.49. The molecule has 4 heterocycles. The van der Waals surface area contributed by atoms with Crippen molar-refractivity contribution in [1.82, 2.24) is 34.6 Å². The van der Waals surface area contributed by atoms with Crippen LogP contribution in [0.25, 0.3) is 22.8 Å². The van der Waals surface area contributed by atoms with Crippen molar-refractivity contribution < 1.29 is 9.13 Å². The van der Waals surface area contributed by atoms with Crippen molar-refractivity contribution in [1.29, 1.82) is 5.41 Å². The molecule has 0 amide bonds. The highest BCUT2D eigenvalue weighted by Crippen LogP contribution is 2.32. The van der Waals surface area contributed by atoms with Gasteiger partial charge in [0, 0.05) is 44.3 Å². The van der Waals surface area contributed by atoms with E-state index in [-0.39, 0.29) is 12.4 Å². The molecule has 3 N–H and O–H groups in total. The molecular formula is C24H24FN9O. The van der Waals surface area contributed by atoms with Crippen LogP contribution < -0.4 is 15.4 Å². The van der Waals surface area contributed by atoms with E-state index in [1.807, 2.05) is 17.6 Å². The summed E-state index contributed by atoms with van der Waals surface area (Å²) in [7, 11) is 1.76. The van der Waals surface area contributed by atoms with Gasteiger partial charge in [-0.05, 0) is 36.8 Å². The minimum Gasteiger partial charge on any atom is -0.483 e. The molecule has 0 spiro atoms. The molecule has 4 aromatic rings. The summed E-state index contributed by atoms with van der Waals surface area (Å²) >= 11 is 0. The lowest BCUT2D eigenvalue weighted by Gasteiger charge is -2.18. The molecule has 0 bridgehead atoms. The molecule has 0 radical (unpaired) electrons. The van der Waals surface area contributed by atoms with Crippen molar-refractivity contribution in [3.8, 4) is 28.5 Å². The van der Waals surface area contributed by atoms with E-state index >= 15 is 0 Å². The van der Waals surface area contributed by atoms with Gasteiger partial charge >= 0.3 is 0 Å². The highest BCUT2D eigenvalue weighted by molar-refractivity contribution is 5.71. The van der Waals surface area contributed by atoms with Crippen LogP contribution in [0.4, 0.5) is 10.3 Å².